The Kier molecular flexibility index (Phi) is 4.87. The quantitative estimate of drug-likeness (QED) is 0.795. The van der Waals surface area contributed by atoms with Crippen LogP contribution in [-0.4, -0.2) is 0 Å². The first kappa shape index (κ1) is 14.4. The lowest BCUT2D eigenvalue weighted by atomic mass is 10.0. The predicted octanol–water partition coefficient (Wildman–Crippen LogP) is 5.41. The van der Waals surface area contributed by atoms with Crippen LogP contribution in [0.1, 0.15) is 37.1 Å². The summed E-state index contributed by atoms with van der Waals surface area (Å²) in [6.07, 6.45) is 0. The Bertz CT molecular complexity index is 540. The molecule has 100 valence electrons. The Balaban J connectivity index is 2.08. The van der Waals surface area contributed by atoms with Gasteiger partial charge in [0, 0.05) is 12.1 Å². The number of benzene rings is 2. The van der Waals surface area contributed by atoms with Gasteiger partial charge in [0.25, 0.3) is 0 Å². The third kappa shape index (κ3) is 3.73. The van der Waals surface area contributed by atoms with Gasteiger partial charge < -0.3 is 5.32 Å². The molecular formula is C16H17Cl2N. The van der Waals surface area contributed by atoms with Crippen LogP contribution < -0.4 is 5.32 Å². The van der Waals surface area contributed by atoms with Crippen molar-refractivity contribution in [2.75, 3.05) is 0 Å². The van der Waals surface area contributed by atoms with Crippen molar-refractivity contribution in [3.63, 3.8) is 0 Å². The molecule has 2 aromatic rings. The van der Waals surface area contributed by atoms with Crippen molar-refractivity contribution in [2.45, 2.75) is 25.9 Å². The summed E-state index contributed by atoms with van der Waals surface area (Å²) in [5.41, 5.74) is 2.41. The first-order valence-corrected chi connectivity index (χ1v) is 7.09. The maximum atomic E-state index is 6.05. The van der Waals surface area contributed by atoms with Crippen molar-refractivity contribution < 1.29 is 0 Å². The average molecular weight is 294 g/mol. The van der Waals surface area contributed by atoms with Crippen molar-refractivity contribution in [3.8, 4) is 0 Å². The molecule has 0 amide bonds. The predicted molar refractivity (Wildman–Crippen MR) is 82.9 cm³/mol. The molecule has 0 radical (unpaired) electrons. The second-order valence-electron chi connectivity index (χ2n) is 4.69. The Morgan fingerprint density at radius 1 is 0.789 bits per heavy atom. The number of hydrogen-bond donors (Lipinski definition) is 1. The van der Waals surface area contributed by atoms with Gasteiger partial charge >= 0.3 is 0 Å². The maximum absolute atomic E-state index is 6.05. The highest BCUT2D eigenvalue weighted by atomic mass is 35.5. The molecule has 0 heterocycles. The highest BCUT2D eigenvalue weighted by Gasteiger charge is 2.11. The first-order chi connectivity index (χ1) is 9.08. The summed E-state index contributed by atoms with van der Waals surface area (Å²) in [6, 6.07) is 16.6. The maximum Gasteiger partial charge on any atom is 0.0595 e. The summed E-state index contributed by atoms with van der Waals surface area (Å²) >= 11 is 12.0. The third-order valence-corrected chi connectivity index (χ3v) is 3.98. The van der Waals surface area contributed by atoms with E-state index in [1.54, 1.807) is 0 Å². The zero-order valence-electron chi connectivity index (χ0n) is 11.0. The van der Waals surface area contributed by atoms with Crippen LogP contribution in [0.4, 0.5) is 0 Å². The van der Waals surface area contributed by atoms with Gasteiger partial charge in [-0.25, -0.2) is 0 Å². The fourth-order valence-electron chi connectivity index (χ4n) is 2.09. The summed E-state index contributed by atoms with van der Waals surface area (Å²) in [4.78, 5) is 0. The van der Waals surface area contributed by atoms with Gasteiger partial charge in [0.05, 0.1) is 10.0 Å². The van der Waals surface area contributed by atoms with Gasteiger partial charge in [0.15, 0.2) is 0 Å². The molecule has 0 aliphatic heterocycles. The molecule has 0 saturated carbocycles. The summed E-state index contributed by atoms with van der Waals surface area (Å²) < 4.78 is 0. The number of nitrogens with one attached hydrogen (secondary N) is 1. The zero-order valence-corrected chi connectivity index (χ0v) is 12.5. The molecular weight excluding hydrogens is 277 g/mol. The molecule has 0 saturated heterocycles. The minimum absolute atomic E-state index is 0.213. The molecule has 0 aliphatic rings. The van der Waals surface area contributed by atoms with E-state index in [-0.39, 0.29) is 12.1 Å². The molecule has 2 aromatic carbocycles. The SMILES string of the molecule is CC(NC(C)c1ccc(Cl)c(Cl)c1)c1ccccc1. The summed E-state index contributed by atoms with van der Waals surface area (Å²) in [5.74, 6) is 0. The van der Waals surface area contributed by atoms with Gasteiger partial charge in [-0.15, -0.1) is 0 Å². The van der Waals surface area contributed by atoms with E-state index in [1.165, 1.54) is 5.56 Å². The van der Waals surface area contributed by atoms with Gasteiger partial charge in [-0.3, -0.25) is 0 Å². The lowest BCUT2D eigenvalue weighted by molar-refractivity contribution is 0.495. The Hall–Kier alpha value is -1.02. The lowest BCUT2D eigenvalue weighted by Gasteiger charge is -2.21. The third-order valence-electron chi connectivity index (χ3n) is 3.24. The summed E-state index contributed by atoms with van der Waals surface area (Å²) in [5, 5.41) is 4.75. The van der Waals surface area contributed by atoms with Gasteiger partial charge in [-0.05, 0) is 37.1 Å². The highest BCUT2D eigenvalue weighted by molar-refractivity contribution is 6.42. The normalized spacial score (nSPS) is 14.1. The first-order valence-electron chi connectivity index (χ1n) is 6.34. The van der Waals surface area contributed by atoms with Crippen LogP contribution in [-0.2, 0) is 0 Å². The second kappa shape index (κ2) is 6.42. The van der Waals surface area contributed by atoms with Gasteiger partial charge in [0.2, 0.25) is 0 Å². The second-order valence-corrected chi connectivity index (χ2v) is 5.51. The molecule has 2 unspecified atom stereocenters. The van der Waals surface area contributed by atoms with Gasteiger partial charge in [-0.1, -0.05) is 59.6 Å². The molecule has 0 aliphatic carbocycles. The van der Waals surface area contributed by atoms with E-state index >= 15 is 0 Å². The van der Waals surface area contributed by atoms with E-state index in [1.807, 2.05) is 24.3 Å². The van der Waals surface area contributed by atoms with E-state index in [2.05, 4.69) is 43.4 Å². The van der Waals surface area contributed by atoms with Crippen LogP contribution in [0.25, 0.3) is 0 Å². The van der Waals surface area contributed by atoms with Crippen LogP contribution in [0.2, 0.25) is 10.0 Å². The van der Waals surface area contributed by atoms with Crippen molar-refractivity contribution in [3.05, 3.63) is 69.7 Å². The fraction of sp³-hybridized carbons (Fsp3) is 0.250. The smallest absolute Gasteiger partial charge is 0.0595 e. The molecule has 19 heavy (non-hydrogen) atoms. The fourth-order valence-corrected chi connectivity index (χ4v) is 2.40. The van der Waals surface area contributed by atoms with Crippen molar-refractivity contribution in [2.24, 2.45) is 0 Å². The monoisotopic (exact) mass is 293 g/mol. The molecule has 3 heteroatoms. The number of rotatable bonds is 4. The van der Waals surface area contributed by atoms with E-state index < -0.39 is 0 Å². The zero-order chi connectivity index (χ0) is 13.8. The molecule has 1 nitrogen and oxygen atoms in total. The Morgan fingerprint density at radius 2 is 1.42 bits per heavy atom. The van der Waals surface area contributed by atoms with Crippen LogP contribution in [0.5, 0.6) is 0 Å². The molecule has 2 rings (SSSR count). The topological polar surface area (TPSA) is 12.0 Å². The Labute approximate surface area is 124 Å². The standard InChI is InChI=1S/C16H17Cl2N/c1-11(13-6-4-3-5-7-13)19-12(2)14-8-9-15(17)16(18)10-14/h3-12,19H,1-2H3. The van der Waals surface area contributed by atoms with Crippen LogP contribution in [0, 0.1) is 0 Å². The highest BCUT2D eigenvalue weighted by Crippen LogP contribution is 2.26. The average Bonchev–Trinajstić information content (AvgIpc) is 2.42. The molecule has 2 atom stereocenters. The summed E-state index contributed by atoms with van der Waals surface area (Å²) in [6.45, 7) is 4.28. The lowest BCUT2D eigenvalue weighted by Crippen LogP contribution is -2.22. The van der Waals surface area contributed by atoms with Gasteiger partial charge in [-0.2, -0.15) is 0 Å². The van der Waals surface area contributed by atoms with E-state index in [4.69, 9.17) is 23.2 Å². The van der Waals surface area contributed by atoms with E-state index in [0.29, 0.717) is 10.0 Å². The number of halogens is 2. The minimum Gasteiger partial charge on any atom is -0.304 e. The van der Waals surface area contributed by atoms with Crippen LogP contribution in [0.3, 0.4) is 0 Å². The molecule has 0 bridgehead atoms. The molecule has 0 fully saturated rings. The van der Waals surface area contributed by atoms with Gasteiger partial charge in [0.1, 0.15) is 0 Å². The van der Waals surface area contributed by atoms with Crippen LogP contribution in [0.15, 0.2) is 48.5 Å². The van der Waals surface area contributed by atoms with Crippen molar-refractivity contribution >= 4 is 23.2 Å². The molecule has 0 spiro atoms. The minimum atomic E-state index is 0.213. The van der Waals surface area contributed by atoms with Crippen molar-refractivity contribution in [1.29, 1.82) is 0 Å². The number of hydrogen-bond acceptors (Lipinski definition) is 1. The molecule has 1 N–H and O–H groups in total. The summed E-state index contributed by atoms with van der Waals surface area (Å²) in [7, 11) is 0. The largest absolute Gasteiger partial charge is 0.304 e. The van der Waals surface area contributed by atoms with E-state index in [0.717, 1.165) is 5.56 Å². The van der Waals surface area contributed by atoms with Crippen molar-refractivity contribution in [1.82, 2.24) is 5.32 Å². The molecule has 0 aromatic heterocycles. The Morgan fingerprint density at radius 3 is 2.05 bits per heavy atom. The van der Waals surface area contributed by atoms with Crippen LogP contribution >= 0.6 is 23.2 Å². The van der Waals surface area contributed by atoms with E-state index in [9.17, 15) is 0 Å².